The zero-order valence-electron chi connectivity index (χ0n) is 19.1. The summed E-state index contributed by atoms with van der Waals surface area (Å²) in [5.41, 5.74) is 0.174. The molecule has 8 heteroatoms. The third-order valence-electron chi connectivity index (χ3n) is 6.30. The number of rotatable bonds is 4. The van der Waals surface area contributed by atoms with Gasteiger partial charge in [0.25, 0.3) is 0 Å². The second-order valence-electron chi connectivity index (χ2n) is 9.92. The van der Waals surface area contributed by atoms with Gasteiger partial charge in [-0.3, -0.25) is 9.59 Å². The van der Waals surface area contributed by atoms with Crippen molar-refractivity contribution in [1.29, 1.82) is 0 Å². The summed E-state index contributed by atoms with van der Waals surface area (Å²) in [6, 6.07) is 6.42. The van der Waals surface area contributed by atoms with Crippen LogP contribution in [0.1, 0.15) is 53.4 Å². The van der Waals surface area contributed by atoms with Gasteiger partial charge in [0.2, 0.25) is 21.8 Å². The van der Waals surface area contributed by atoms with Gasteiger partial charge in [0.15, 0.2) is 0 Å². The highest BCUT2D eigenvalue weighted by Crippen LogP contribution is 2.26. The van der Waals surface area contributed by atoms with Crippen LogP contribution >= 0.6 is 0 Å². The lowest BCUT2D eigenvalue weighted by Gasteiger charge is -2.35. The molecule has 2 aliphatic heterocycles. The first-order valence-electron chi connectivity index (χ1n) is 11.2. The highest BCUT2D eigenvalue weighted by Gasteiger charge is 2.32. The molecule has 0 bridgehead atoms. The molecule has 172 valence electrons. The normalized spacial score (nSPS) is 19.9. The van der Waals surface area contributed by atoms with Crippen LogP contribution in [0.2, 0.25) is 0 Å². The Balaban J connectivity index is 1.55. The Bertz CT molecular complexity index is 890. The Hall–Kier alpha value is -1.93. The monoisotopic (exact) mass is 449 g/mol. The van der Waals surface area contributed by atoms with Crippen LogP contribution in [0.25, 0.3) is 0 Å². The van der Waals surface area contributed by atoms with Crippen molar-refractivity contribution < 1.29 is 18.0 Å². The molecule has 1 aromatic rings. The van der Waals surface area contributed by atoms with Gasteiger partial charge in [-0.05, 0) is 55.9 Å². The molecular formula is C23H35N3O4S. The highest BCUT2D eigenvalue weighted by atomic mass is 32.2. The number of anilines is 1. The van der Waals surface area contributed by atoms with Crippen LogP contribution in [-0.2, 0) is 19.6 Å². The van der Waals surface area contributed by atoms with E-state index in [0.717, 1.165) is 12.8 Å². The Morgan fingerprint density at radius 3 is 2.00 bits per heavy atom. The molecule has 0 saturated carbocycles. The summed E-state index contributed by atoms with van der Waals surface area (Å²) in [4.78, 5) is 27.2. The number of benzene rings is 1. The first-order valence-corrected chi connectivity index (χ1v) is 12.6. The fourth-order valence-corrected chi connectivity index (χ4v) is 5.62. The lowest BCUT2D eigenvalue weighted by atomic mass is 9.90. The smallest absolute Gasteiger partial charge is 0.243 e. The van der Waals surface area contributed by atoms with Gasteiger partial charge in [-0.1, -0.05) is 27.7 Å². The summed E-state index contributed by atoms with van der Waals surface area (Å²) in [6.45, 7) is 10.1. The summed E-state index contributed by atoms with van der Waals surface area (Å²) >= 11 is 0. The predicted octanol–water partition coefficient (Wildman–Crippen LogP) is 3.33. The molecule has 2 heterocycles. The van der Waals surface area contributed by atoms with Crippen LogP contribution in [0.3, 0.4) is 0 Å². The van der Waals surface area contributed by atoms with Crippen LogP contribution in [0.5, 0.6) is 0 Å². The van der Waals surface area contributed by atoms with Crippen LogP contribution < -0.4 is 5.32 Å². The molecular weight excluding hydrogens is 414 g/mol. The molecule has 0 aliphatic carbocycles. The maximum absolute atomic E-state index is 12.8. The number of hydrogen-bond donors (Lipinski definition) is 1. The topological polar surface area (TPSA) is 86.8 Å². The van der Waals surface area contributed by atoms with Crippen molar-refractivity contribution in [3.63, 3.8) is 0 Å². The molecule has 2 saturated heterocycles. The Kier molecular flexibility index (Phi) is 7.11. The fourth-order valence-electron chi connectivity index (χ4n) is 4.15. The Labute approximate surface area is 186 Å². The van der Waals surface area contributed by atoms with Crippen molar-refractivity contribution in [2.45, 2.75) is 58.3 Å². The van der Waals surface area contributed by atoms with Gasteiger partial charge in [-0.2, -0.15) is 4.31 Å². The molecule has 0 aromatic heterocycles. The molecule has 7 nitrogen and oxygen atoms in total. The van der Waals surface area contributed by atoms with Crippen molar-refractivity contribution in [3.8, 4) is 0 Å². The van der Waals surface area contributed by atoms with Crippen molar-refractivity contribution >= 4 is 27.5 Å². The van der Waals surface area contributed by atoms with E-state index in [1.807, 2.05) is 25.7 Å². The summed E-state index contributed by atoms with van der Waals surface area (Å²) in [5.74, 6) is 0.444. The zero-order valence-corrected chi connectivity index (χ0v) is 19.9. The molecule has 2 fully saturated rings. The Morgan fingerprint density at radius 2 is 1.48 bits per heavy atom. The van der Waals surface area contributed by atoms with Gasteiger partial charge in [0, 0.05) is 43.2 Å². The number of hydrogen-bond acceptors (Lipinski definition) is 4. The fraction of sp³-hybridized carbons (Fsp3) is 0.652. The number of sulfonamides is 1. The first-order chi connectivity index (χ1) is 14.5. The number of nitrogens with zero attached hydrogens (tertiary/aromatic N) is 2. The standard InChI is InChI=1S/C23H35N3O4S/c1-17-9-15-26(16-10-17)31(29,30)20-7-5-19(6-8-20)24-21(27)18-11-13-25(14-12-18)22(28)23(2,3)4/h5-8,17-18H,9-16H2,1-4H3,(H,24,27). The molecule has 0 spiro atoms. The Morgan fingerprint density at radius 1 is 0.935 bits per heavy atom. The molecule has 1 aromatic carbocycles. The summed E-state index contributed by atoms with van der Waals surface area (Å²) in [6.07, 6.45) is 3.03. The molecule has 1 N–H and O–H groups in total. The minimum Gasteiger partial charge on any atom is -0.342 e. The molecule has 31 heavy (non-hydrogen) atoms. The largest absolute Gasteiger partial charge is 0.342 e. The molecule has 2 aliphatic rings. The van der Waals surface area contributed by atoms with Crippen LogP contribution in [0.15, 0.2) is 29.2 Å². The quantitative estimate of drug-likeness (QED) is 0.764. The minimum atomic E-state index is -3.49. The summed E-state index contributed by atoms with van der Waals surface area (Å²) < 4.78 is 27.2. The maximum Gasteiger partial charge on any atom is 0.243 e. The van der Waals surface area contributed by atoms with E-state index < -0.39 is 15.4 Å². The number of carbonyl (C=O) groups is 2. The van der Waals surface area contributed by atoms with Gasteiger partial charge in [-0.15, -0.1) is 0 Å². The highest BCUT2D eigenvalue weighted by molar-refractivity contribution is 7.89. The molecule has 2 amide bonds. The molecule has 3 rings (SSSR count). The summed E-state index contributed by atoms with van der Waals surface area (Å²) in [7, 11) is -3.49. The average Bonchev–Trinajstić information content (AvgIpc) is 2.73. The number of amides is 2. The number of nitrogens with one attached hydrogen (secondary N) is 1. The molecule has 0 atom stereocenters. The van der Waals surface area contributed by atoms with E-state index >= 15 is 0 Å². The lowest BCUT2D eigenvalue weighted by molar-refractivity contribution is -0.142. The zero-order chi connectivity index (χ0) is 22.8. The SMILES string of the molecule is CC1CCN(S(=O)(=O)c2ccc(NC(=O)C3CCN(C(=O)C(C)(C)C)CC3)cc2)CC1. The minimum absolute atomic E-state index is 0.0801. The van der Waals surface area contributed by atoms with Crippen molar-refractivity contribution in [3.05, 3.63) is 24.3 Å². The van der Waals surface area contributed by atoms with Gasteiger partial charge < -0.3 is 10.2 Å². The molecule has 0 radical (unpaired) electrons. The van der Waals surface area contributed by atoms with Crippen LogP contribution in [0.4, 0.5) is 5.69 Å². The van der Waals surface area contributed by atoms with E-state index in [4.69, 9.17) is 0 Å². The van der Waals surface area contributed by atoms with E-state index in [1.165, 1.54) is 0 Å². The third-order valence-corrected chi connectivity index (χ3v) is 8.21. The van der Waals surface area contributed by atoms with Crippen LogP contribution in [0, 0.1) is 17.3 Å². The van der Waals surface area contributed by atoms with Crippen LogP contribution in [-0.4, -0.2) is 55.6 Å². The second kappa shape index (κ2) is 9.28. The van der Waals surface area contributed by atoms with E-state index in [-0.39, 0.29) is 22.6 Å². The summed E-state index contributed by atoms with van der Waals surface area (Å²) in [5, 5.41) is 2.90. The number of piperidine rings is 2. The lowest BCUT2D eigenvalue weighted by Crippen LogP contribution is -2.45. The molecule has 0 unspecified atom stereocenters. The van der Waals surface area contributed by atoms with Gasteiger partial charge >= 0.3 is 0 Å². The van der Waals surface area contributed by atoms with Gasteiger partial charge in [-0.25, -0.2) is 8.42 Å². The maximum atomic E-state index is 12.8. The van der Waals surface area contributed by atoms with E-state index in [1.54, 1.807) is 28.6 Å². The number of carbonyl (C=O) groups excluding carboxylic acids is 2. The van der Waals surface area contributed by atoms with E-state index in [0.29, 0.717) is 50.6 Å². The van der Waals surface area contributed by atoms with Gasteiger partial charge in [0.1, 0.15) is 0 Å². The second-order valence-corrected chi connectivity index (χ2v) is 11.9. The van der Waals surface area contributed by atoms with E-state index in [9.17, 15) is 18.0 Å². The van der Waals surface area contributed by atoms with Crippen molar-refractivity contribution in [2.24, 2.45) is 17.3 Å². The third kappa shape index (κ3) is 5.66. The van der Waals surface area contributed by atoms with Crippen molar-refractivity contribution in [2.75, 3.05) is 31.5 Å². The van der Waals surface area contributed by atoms with E-state index in [2.05, 4.69) is 12.2 Å². The van der Waals surface area contributed by atoms with Gasteiger partial charge in [0.05, 0.1) is 4.90 Å². The first kappa shape index (κ1) is 23.7. The predicted molar refractivity (Wildman–Crippen MR) is 121 cm³/mol. The number of likely N-dealkylation sites (tertiary alicyclic amines) is 1. The van der Waals surface area contributed by atoms with Crippen molar-refractivity contribution in [1.82, 2.24) is 9.21 Å². The average molecular weight is 450 g/mol.